The molecule has 2 nitrogen and oxygen atoms in total. The fraction of sp³-hybridized carbons (Fsp3) is 0.182. The average Bonchev–Trinajstić information content (AvgIpc) is 2.49. The molecule has 0 aromatic heterocycles. The van der Waals surface area contributed by atoms with Crippen LogP contribution in [0.25, 0.3) is 33.6 Å². The monoisotopic (exact) mass is 314 g/mol. The number of benzene rings is 2. The average molecular weight is 314 g/mol. The van der Waals surface area contributed by atoms with Crippen molar-refractivity contribution in [1.29, 1.82) is 0 Å². The van der Waals surface area contributed by atoms with Crippen LogP contribution in [0.3, 0.4) is 0 Å². The Morgan fingerprint density at radius 3 is 0.875 bits per heavy atom. The van der Waals surface area contributed by atoms with Gasteiger partial charge in [-0.25, -0.2) is 0 Å². The highest BCUT2D eigenvalue weighted by atomic mass is 14.9. The molecule has 120 valence electrons. The van der Waals surface area contributed by atoms with Crippen LogP contribution in [0, 0.1) is 27.7 Å². The van der Waals surface area contributed by atoms with Gasteiger partial charge in [0.1, 0.15) is 0 Å². The Kier molecular flexibility index (Phi) is 2.73. The van der Waals surface area contributed by atoms with Crippen molar-refractivity contribution in [2.24, 2.45) is 0 Å². The highest BCUT2D eigenvalue weighted by Crippen LogP contribution is 2.48. The lowest BCUT2D eigenvalue weighted by Gasteiger charge is -2.35. The maximum Gasteiger partial charge on any atom is 0.0394 e. The van der Waals surface area contributed by atoms with Gasteiger partial charge in [0.25, 0.3) is 0 Å². The van der Waals surface area contributed by atoms with Gasteiger partial charge in [0, 0.05) is 55.8 Å². The zero-order valence-electron chi connectivity index (χ0n) is 14.8. The molecule has 0 fully saturated rings. The molecule has 0 atom stereocenters. The van der Waals surface area contributed by atoms with Crippen molar-refractivity contribution in [3.63, 3.8) is 0 Å². The summed E-state index contributed by atoms with van der Waals surface area (Å²) >= 11 is 0. The Bertz CT molecular complexity index is 885. The third kappa shape index (κ3) is 1.51. The highest BCUT2D eigenvalue weighted by molar-refractivity contribution is 6.16. The first kappa shape index (κ1) is 14.8. The van der Waals surface area contributed by atoms with Gasteiger partial charge in [-0.1, -0.05) is 26.3 Å². The summed E-state index contributed by atoms with van der Waals surface area (Å²) in [4.78, 5) is 0. The third-order valence-electron chi connectivity index (χ3n) is 5.69. The summed E-state index contributed by atoms with van der Waals surface area (Å²) in [5.41, 5.74) is 13.4. The first-order valence-electron chi connectivity index (χ1n) is 8.16. The maximum absolute atomic E-state index is 4.25. The van der Waals surface area contributed by atoms with E-state index in [4.69, 9.17) is 0 Å². The van der Waals surface area contributed by atoms with E-state index in [1.807, 2.05) is 0 Å². The van der Waals surface area contributed by atoms with E-state index in [2.05, 4.69) is 64.6 Å². The minimum atomic E-state index is 0.920. The van der Waals surface area contributed by atoms with Crippen LogP contribution in [-0.4, -0.2) is 0 Å². The van der Waals surface area contributed by atoms with Gasteiger partial charge in [-0.15, -0.1) is 0 Å². The minimum absolute atomic E-state index is 0.920. The summed E-state index contributed by atoms with van der Waals surface area (Å²) in [6.45, 7) is 25.7. The van der Waals surface area contributed by atoms with Gasteiger partial charge in [-0.05, 0) is 49.9 Å². The van der Waals surface area contributed by atoms with Crippen molar-refractivity contribution in [1.82, 2.24) is 10.6 Å². The van der Waals surface area contributed by atoms with Crippen LogP contribution in [0.4, 0.5) is 0 Å². The molecule has 2 heterocycles. The summed E-state index contributed by atoms with van der Waals surface area (Å²) in [6, 6.07) is 0. The standard InChI is InChI=1S/C22H22N2/c1-9-10(2)18-14(6)24-16(8)20-12(4)11(3)19-15(7)23-13(5)17(9)21(19)22(18)20/h23-24H,5-8H2,1-4H3. The number of rotatable bonds is 0. The second-order valence-electron chi connectivity index (χ2n) is 6.91. The van der Waals surface area contributed by atoms with E-state index < -0.39 is 0 Å². The third-order valence-corrected chi connectivity index (χ3v) is 5.69. The van der Waals surface area contributed by atoms with Gasteiger partial charge in [0.2, 0.25) is 0 Å². The predicted octanol–water partition coefficient (Wildman–Crippen LogP) is 5.16. The summed E-state index contributed by atoms with van der Waals surface area (Å²) < 4.78 is 0. The molecule has 2 aliphatic heterocycles. The fourth-order valence-corrected chi connectivity index (χ4v) is 4.37. The molecule has 0 amide bonds. The van der Waals surface area contributed by atoms with Crippen LogP contribution in [-0.2, 0) is 0 Å². The molecule has 24 heavy (non-hydrogen) atoms. The van der Waals surface area contributed by atoms with E-state index in [0.29, 0.717) is 0 Å². The van der Waals surface area contributed by atoms with E-state index in [1.165, 1.54) is 55.3 Å². The van der Waals surface area contributed by atoms with Crippen molar-refractivity contribution < 1.29 is 0 Å². The maximum atomic E-state index is 4.25. The molecule has 0 saturated carbocycles. The molecule has 0 radical (unpaired) electrons. The molecule has 0 bridgehead atoms. The molecule has 0 spiro atoms. The molecule has 4 rings (SSSR count). The molecule has 2 aliphatic rings. The second kappa shape index (κ2) is 4.41. The van der Waals surface area contributed by atoms with Gasteiger partial charge in [0.05, 0.1) is 0 Å². The molecule has 2 N–H and O–H groups in total. The summed E-state index contributed by atoms with van der Waals surface area (Å²) in [7, 11) is 0. The number of nitrogens with one attached hydrogen (secondary N) is 2. The van der Waals surface area contributed by atoms with Gasteiger partial charge in [-0.3, -0.25) is 0 Å². The van der Waals surface area contributed by atoms with Crippen LogP contribution < -0.4 is 10.6 Å². The lowest BCUT2D eigenvalue weighted by Crippen LogP contribution is -2.24. The Morgan fingerprint density at radius 2 is 0.667 bits per heavy atom. The van der Waals surface area contributed by atoms with Crippen molar-refractivity contribution in [2.75, 3.05) is 0 Å². The Hall–Kier alpha value is -2.74. The Morgan fingerprint density at radius 1 is 0.458 bits per heavy atom. The number of hydrogen-bond donors (Lipinski definition) is 2. The van der Waals surface area contributed by atoms with Crippen LogP contribution in [0.5, 0.6) is 0 Å². The van der Waals surface area contributed by atoms with Crippen molar-refractivity contribution in [3.8, 4) is 0 Å². The molecule has 0 saturated heterocycles. The van der Waals surface area contributed by atoms with Crippen LogP contribution >= 0.6 is 0 Å². The van der Waals surface area contributed by atoms with Gasteiger partial charge < -0.3 is 10.6 Å². The Labute approximate surface area is 143 Å². The van der Waals surface area contributed by atoms with Crippen molar-refractivity contribution >= 4 is 33.6 Å². The summed E-state index contributed by atoms with van der Waals surface area (Å²) in [6.07, 6.45) is 0. The van der Waals surface area contributed by atoms with E-state index in [-0.39, 0.29) is 0 Å². The first-order chi connectivity index (χ1) is 11.3. The SMILES string of the molecule is C=C1NC(=C)c2c(C)c(C)c3c4c(c(C)c(C)c1c24)C(=C)NC3=C. The summed E-state index contributed by atoms with van der Waals surface area (Å²) in [5.74, 6) is 0. The molecular weight excluding hydrogens is 292 g/mol. The lowest BCUT2D eigenvalue weighted by atomic mass is 9.76. The zero-order chi connectivity index (χ0) is 17.5. The molecule has 2 heteroatoms. The van der Waals surface area contributed by atoms with E-state index >= 15 is 0 Å². The quantitative estimate of drug-likeness (QED) is 0.701. The molecule has 0 unspecified atom stereocenters. The minimum Gasteiger partial charge on any atom is -0.355 e. The van der Waals surface area contributed by atoms with Crippen LogP contribution in [0.15, 0.2) is 26.3 Å². The van der Waals surface area contributed by atoms with Gasteiger partial charge in [0.15, 0.2) is 0 Å². The van der Waals surface area contributed by atoms with E-state index in [0.717, 1.165) is 22.8 Å². The predicted molar refractivity (Wildman–Crippen MR) is 105 cm³/mol. The number of hydrogen-bond acceptors (Lipinski definition) is 2. The molecular formula is C22H22N2. The topological polar surface area (TPSA) is 24.1 Å². The zero-order valence-corrected chi connectivity index (χ0v) is 14.8. The van der Waals surface area contributed by atoms with E-state index in [1.54, 1.807) is 0 Å². The van der Waals surface area contributed by atoms with Crippen LogP contribution in [0.2, 0.25) is 0 Å². The lowest BCUT2D eigenvalue weighted by molar-refractivity contribution is 1.14. The van der Waals surface area contributed by atoms with Crippen LogP contribution in [0.1, 0.15) is 44.5 Å². The smallest absolute Gasteiger partial charge is 0.0394 e. The van der Waals surface area contributed by atoms with Gasteiger partial charge in [-0.2, -0.15) is 0 Å². The first-order valence-corrected chi connectivity index (χ1v) is 8.16. The molecule has 0 aliphatic carbocycles. The normalized spacial score (nSPS) is 15.7. The van der Waals surface area contributed by atoms with Crippen molar-refractivity contribution in [3.05, 3.63) is 70.8 Å². The van der Waals surface area contributed by atoms with Crippen molar-refractivity contribution in [2.45, 2.75) is 27.7 Å². The fourth-order valence-electron chi connectivity index (χ4n) is 4.37. The van der Waals surface area contributed by atoms with Gasteiger partial charge >= 0.3 is 0 Å². The summed E-state index contributed by atoms with van der Waals surface area (Å²) in [5, 5.41) is 9.24. The highest BCUT2D eigenvalue weighted by Gasteiger charge is 2.31. The molecule has 2 aromatic rings. The molecule has 2 aromatic carbocycles. The van der Waals surface area contributed by atoms with E-state index in [9.17, 15) is 0 Å². The second-order valence-corrected chi connectivity index (χ2v) is 6.91. The Balaban J connectivity index is 2.45. The largest absolute Gasteiger partial charge is 0.355 e.